The van der Waals surface area contributed by atoms with Crippen LogP contribution in [0.15, 0.2) is 12.2 Å². The van der Waals surface area contributed by atoms with Gasteiger partial charge in [-0.05, 0) is 25.7 Å². The molecule has 2 nitrogen and oxygen atoms in total. The first-order chi connectivity index (χ1) is 5.83. The van der Waals surface area contributed by atoms with Gasteiger partial charge in [-0.2, -0.15) is 0 Å². The van der Waals surface area contributed by atoms with E-state index in [1.165, 1.54) is 31.3 Å². The van der Waals surface area contributed by atoms with Gasteiger partial charge in [0.05, 0.1) is 6.61 Å². The van der Waals surface area contributed by atoms with Gasteiger partial charge in [0.1, 0.15) is 0 Å². The van der Waals surface area contributed by atoms with Crippen molar-refractivity contribution in [2.75, 3.05) is 20.3 Å². The summed E-state index contributed by atoms with van der Waals surface area (Å²) in [5.41, 5.74) is 1.42. The number of allylic oxidation sites excluding steroid dienone is 1. The largest absolute Gasteiger partial charge is 0.383 e. The van der Waals surface area contributed by atoms with E-state index in [9.17, 15) is 0 Å². The zero-order chi connectivity index (χ0) is 8.81. The summed E-state index contributed by atoms with van der Waals surface area (Å²) in [7, 11) is 1.74. The van der Waals surface area contributed by atoms with Gasteiger partial charge in [0.15, 0.2) is 0 Å². The predicted molar refractivity (Wildman–Crippen MR) is 51.3 cm³/mol. The summed E-state index contributed by atoms with van der Waals surface area (Å²) >= 11 is 0. The number of hydrogen-bond acceptors (Lipinski definition) is 2. The number of nitrogens with one attached hydrogen (secondary N) is 1. The first-order valence-electron chi connectivity index (χ1n) is 4.72. The van der Waals surface area contributed by atoms with Crippen molar-refractivity contribution >= 4 is 0 Å². The molecule has 0 aliphatic heterocycles. The first-order valence-corrected chi connectivity index (χ1v) is 4.72. The summed E-state index contributed by atoms with van der Waals surface area (Å²) in [6.07, 6.45) is 4.90. The number of hydrogen-bond donors (Lipinski definition) is 1. The standard InChI is InChI=1S/C10H19NO/c1-9-3-5-10(6-4-9)11-7-8-12-2/h10-11H,1,3-8H2,2H3. The second-order valence-electron chi connectivity index (χ2n) is 3.47. The highest BCUT2D eigenvalue weighted by Crippen LogP contribution is 2.21. The monoisotopic (exact) mass is 169 g/mol. The smallest absolute Gasteiger partial charge is 0.0587 e. The second kappa shape index (κ2) is 5.33. The lowest BCUT2D eigenvalue weighted by atomic mass is 9.92. The summed E-state index contributed by atoms with van der Waals surface area (Å²) in [5, 5.41) is 3.48. The molecule has 0 aromatic carbocycles. The molecule has 1 aliphatic carbocycles. The molecule has 12 heavy (non-hydrogen) atoms. The Kier molecular flexibility index (Phi) is 4.33. The molecule has 1 rings (SSSR count). The molecule has 0 aromatic heterocycles. The molecule has 0 unspecified atom stereocenters. The summed E-state index contributed by atoms with van der Waals surface area (Å²) in [5.74, 6) is 0. The highest BCUT2D eigenvalue weighted by atomic mass is 16.5. The lowest BCUT2D eigenvalue weighted by Gasteiger charge is -2.24. The van der Waals surface area contributed by atoms with E-state index in [0.29, 0.717) is 6.04 Å². The second-order valence-corrected chi connectivity index (χ2v) is 3.47. The van der Waals surface area contributed by atoms with Crippen LogP contribution < -0.4 is 5.32 Å². The van der Waals surface area contributed by atoms with Gasteiger partial charge in [0.25, 0.3) is 0 Å². The van der Waals surface area contributed by atoms with Crippen LogP contribution in [0.4, 0.5) is 0 Å². The normalized spacial score (nSPS) is 19.9. The molecule has 0 aromatic rings. The first kappa shape index (κ1) is 9.75. The molecule has 70 valence electrons. The molecule has 0 saturated heterocycles. The predicted octanol–water partition coefficient (Wildman–Crippen LogP) is 1.72. The lowest BCUT2D eigenvalue weighted by Crippen LogP contribution is -2.33. The molecular weight excluding hydrogens is 150 g/mol. The third kappa shape index (κ3) is 3.37. The molecule has 0 atom stereocenters. The van der Waals surface area contributed by atoms with E-state index in [4.69, 9.17) is 4.74 Å². The van der Waals surface area contributed by atoms with Crippen LogP contribution in [0, 0.1) is 0 Å². The molecular formula is C10H19NO. The van der Waals surface area contributed by atoms with E-state index in [-0.39, 0.29) is 0 Å². The van der Waals surface area contributed by atoms with Crippen molar-refractivity contribution in [3.05, 3.63) is 12.2 Å². The number of methoxy groups -OCH3 is 1. The van der Waals surface area contributed by atoms with E-state index in [2.05, 4.69) is 11.9 Å². The van der Waals surface area contributed by atoms with Crippen molar-refractivity contribution in [2.24, 2.45) is 0 Å². The van der Waals surface area contributed by atoms with Gasteiger partial charge >= 0.3 is 0 Å². The van der Waals surface area contributed by atoms with Crippen molar-refractivity contribution in [2.45, 2.75) is 31.7 Å². The minimum atomic E-state index is 0.700. The Morgan fingerprint density at radius 3 is 2.75 bits per heavy atom. The highest BCUT2D eigenvalue weighted by Gasteiger charge is 2.13. The maximum Gasteiger partial charge on any atom is 0.0587 e. The Morgan fingerprint density at radius 2 is 2.17 bits per heavy atom. The maximum atomic E-state index is 4.97. The fraction of sp³-hybridized carbons (Fsp3) is 0.800. The van der Waals surface area contributed by atoms with Crippen LogP contribution in [-0.4, -0.2) is 26.3 Å². The molecule has 1 N–H and O–H groups in total. The van der Waals surface area contributed by atoms with Crippen molar-refractivity contribution in [1.29, 1.82) is 0 Å². The van der Waals surface area contributed by atoms with Gasteiger partial charge in [-0.1, -0.05) is 12.2 Å². The molecule has 0 spiro atoms. The quantitative estimate of drug-likeness (QED) is 0.511. The van der Waals surface area contributed by atoms with E-state index in [1.807, 2.05) is 0 Å². The lowest BCUT2D eigenvalue weighted by molar-refractivity contribution is 0.193. The molecule has 0 bridgehead atoms. The van der Waals surface area contributed by atoms with E-state index >= 15 is 0 Å². The molecule has 2 heteroatoms. The fourth-order valence-corrected chi connectivity index (χ4v) is 1.60. The van der Waals surface area contributed by atoms with Crippen LogP contribution in [0.2, 0.25) is 0 Å². The minimum Gasteiger partial charge on any atom is -0.383 e. The Hall–Kier alpha value is -0.340. The molecule has 0 radical (unpaired) electrons. The zero-order valence-corrected chi connectivity index (χ0v) is 7.94. The van der Waals surface area contributed by atoms with Crippen LogP contribution in [0.3, 0.4) is 0 Å². The van der Waals surface area contributed by atoms with Gasteiger partial charge in [0, 0.05) is 19.7 Å². The average molecular weight is 169 g/mol. The third-order valence-electron chi connectivity index (χ3n) is 2.43. The van der Waals surface area contributed by atoms with Gasteiger partial charge in [-0.3, -0.25) is 0 Å². The van der Waals surface area contributed by atoms with Gasteiger partial charge in [-0.15, -0.1) is 0 Å². The Labute approximate surface area is 75.0 Å². The van der Waals surface area contributed by atoms with Crippen molar-refractivity contribution in [3.63, 3.8) is 0 Å². The Balaban J connectivity index is 2.05. The van der Waals surface area contributed by atoms with E-state index < -0.39 is 0 Å². The number of rotatable bonds is 4. The molecule has 1 saturated carbocycles. The summed E-state index contributed by atoms with van der Waals surface area (Å²) in [6, 6.07) is 0.700. The summed E-state index contributed by atoms with van der Waals surface area (Å²) in [6.45, 7) is 5.79. The Bertz CT molecular complexity index is 135. The van der Waals surface area contributed by atoms with Crippen LogP contribution in [-0.2, 0) is 4.74 Å². The zero-order valence-electron chi connectivity index (χ0n) is 7.94. The van der Waals surface area contributed by atoms with Gasteiger partial charge in [0.2, 0.25) is 0 Å². The minimum absolute atomic E-state index is 0.700. The average Bonchev–Trinajstić information content (AvgIpc) is 2.09. The van der Waals surface area contributed by atoms with Crippen LogP contribution >= 0.6 is 0 Å². The SMILES string of the molecule is C=C1CCC(NCCOC)CC1. The van der Waals surface area contributed by atoms with E-state index in [0.717, 1.165) is 13.2 Å². The molecule has 1 aliphatic rings. The van der Waals surface area contributed by atoms with Crippen molar-refractivity contribution in [3.8, 4) is 0 Å². The highest BCUT2D eigenvalue weighted by molar-refractivity contribution is 4.99. The van der Waals surface area contributed by atoms with Crippen molar-refractivity contribution in [1.82, 2.24) is 5.32 Å². The topological polar surface area (TPSA) is 21.3 Å². The van der Waals surface area contributed by atoms with Crippen LogP contribution in [0.1, 0.15) is 25.7 Å². The third-order valence-corrected chi connectivity index (χ3v) is 2.43. The van der Waals surface area contributed by atoms with E-state index in [1.54, 1.807) is 7.11 Å². The summed E-state index contributed by atoms with van der Waals surface area (Å²) in [4.78, 5) is 0. The maximum absolute atomic E-state index is 4.97. The van der Waals surface area contributed by atoms with Crippen molar-refractivity contribution < 1.29 is 4.74 Å². The van der Waals surface area contributed by atoms with Crippen LogP contribution in [0.25, 0.3) is 0 Å². The molecule has 1 fully saturated rings. The molecule has 0 amide bonds. The van der Waals surface area contributed by atoms with Crippen LogP contribution in [0.5, 0.6) is 0 Å². The fourth-order valence-electron chi connectivity index (χ4n) is 1.60. The Morgan fingerprint density at radius 1 is 1.50 bits per heavy atom. The van der Waals surface area contributed by atoms with Gasteiger partial charge < -0.3 is 10.1 Å². The summed E-state index contributed by atoms with van der Waals surface area (Å²) < 4.78 is 4.97. The number of ether oxygens (including phenoxy) is 1. The van der Waals surface area contributed by atoms with Gasteiger partial charge in [-0.25, -0.2) is 0 Å². The molecule has 0 heterocycles.